The summed E-state index contributed by atoms with van der Waals surface area (Å²) in [4.78, 5) is 0. The SMILES string of the molecule is C=C(C)/C=C\C(=C)C(C)CCC(C)C. The first-order chi connectivity index (χ1) is 6.43. The van der Waals surface area contributed by atoms with Gasteiger partial charge in [-0.1, -0.05) is 63.6 Å². The second kappa shape index (κ2) is 6.64. The molecule has 0 rings (SSSR count). The van der Waals surface area contributed by atoms with Gasteiger partial charge in [-0.25, -0.2) is 0 Å². The zero-order chi connectivity index (χ0) is 11.1. The van der Waals surface area contributed by atoms with Crippen molar-refractivity contribution in [3.63, 3.8) is 0 Å². The monoisotopic (exact) mass is 192 g/mol. The van der Waals surface area contributed by atoms with Gasteiger partial charge in [-0.05, 0) is 25.2 Å². The lowest BCUT2D eigenvalue weighted by atomic mass is 9.93. The van der Waals surface area contributed by atoms with Crippen LogP contribution in [0.25, 0.3) is 0 Å². The summed E-state index contributed by atoms with van der Waals surface area (Å²) in [6, 6.07) is 0. The van der Waals surface area contributed by atoms with Gasteiger partial charge >= 0.3 is 0 Å². The number of rotatable bonds is 6. The van der Waals surface area contributed by atoms with Crippen molar-refractivity contribution < 1.29 is 0 Å². The lowest BCUT2D eigenvalue weighted by Gasteiger charge is -2.13. The summed E-state index contributed by atoms with van der Waals surface area (Å²) in [5.74, 6) is 1.38. The van der Waals surface area contributed by atoms with Gasteiger partial charge in [-0.2, -0.15) is 0 Å². The fraction of sp³-hybridized carbons (Fsp3) is 0.571. The molecule has 0 fully saturated rings. The predicted octanol–water partition coefficient (Wildman–Crippen LogP) is 4.75. The van der Waals surface area contributed by atoms with Crippen molar-refractivity contribution in [2.24, 2.45) is 11.8 Å². The van der Waals surface area contributed by atoms with Gasteiger partial charge in [0.15, 0.2) is 0 Å². The van der Waals surface area contributed by atoms with E-state index in [1.165, 1.54) is 18.4 Å². The minimum absolute atomic E-state index is 0.591. The molecular weight excluding hydrogens is 168 g/mol. The van der Waals surface area contributed by atoms with Crippen LogP contribution in [0.1, 0.15) is 40.5 Å². The Hall–Kier alpha value is -0.780. The standard InChI is InChI=1S/C14H24/c1-11(2)7-9-13(5)14(6)10-8-12(3)4/h7,9,12,14H,1,5,8,10H2,2-4,6H3/b9-7-. The summed E-state index contributed by atoms with van der Waals surface area (Å²) in [6.07, 6.45) is 6.64. The molecular formula is C14H24. The summed E-state index contributed by atoms with van der Waals surface area (Å²) in [7, 11) is 0. The Bertz CT molecular complexity index is 218. The third-order valence-electron chi connectivity index (χ3n) is 2.39. The fourth-order valence-electron chi connectivity index (χ4n) is 1.18. The van der Waals surface area contributed by atoms with Crippen molar-refractivity contribution in [2.45, 2.75) is 40.5 Å². The molecule has 1 atom stereocenters. The number of allylic oxidation sites excluding steroid dienone is 4. The van der Waals surface area contributed by atoms with E-state index in [-0.39, 0.29) is 0 Å². The van der Waals surface area contributed by atoms with Gasteiger partial charge < -0.3 is 0 Å². The Labute approximate surface area is 89.4 Å². The van der Waals surface area contributed by atoms with Gasteiger partial charge in [0.1, 0.15) is 0 Å². The van der Waals surface area contributed by atoms with E-state index in [4.69, 9.17) is 0 Å². The van der Waals surface area contributed by atoms with Crippen LogP contribution in [0.3, 0.4) is 0 Å². The van der Waals surface area contributed by atoms with Gasteiger partial charge in [0.2, 0.25) is 0 Å². The second-order valence-corrected chi connectivity index (χ2v) is 4.63. The molecule has 0 heteroatoms. The van der Waals surface area contributed by atoms with Crippen LogP contribution in [0.5, 0.6) is 0 Å². The molecule has 0 saturated carbocycles. The highest BCUT2D eigenvalue weighted by Crippen LogP contribution is 2.19. The van der Waals surface area contributed by atoms with Crippen LogP contribution in [0.2, 0.25) is 0 Å². The van der Waals surface area contributed by atoms with Crippen LogP contribution in [0.4, 0.5) is 0 Å². The molecule has 0 radical (unpaired) electrons. The van der Waals surface area contributed by atoms with Crippen LogP contribution < -0.4 is 0 Å². The van der Waals surface area contributed by atoms with E-state index < -0.39 is 0 Å². The van der Waals surface area contributed by atoms with Gasteiger partial charge in [-0.3, -0.25) is 0 Å². The van der Waals surface area contributed by atoms with Crippen LogP contribution in [-0.4, -0.2) is 0 Å². The van der Waals surface area contributed by atoms with Gasteiger partial charge in [0.05, 0.1) is 0 Å². The minimum atomic E-state index is 0.591. The molecule has 0 N–H and O–H groups in total. The summed E-state index contributed by atoms with van der Waals surface area (Å²) in [5, 5.41) is 0. The average Bonchev–Trinajstić information content (AvgIpc) is 2.09. The molecule has 0 aromatic heterocycles. The first-order valence-electron chi connectivity index (χ1n) is 5.46. The Morgan fingerprint density at radius 1 is 1.07 bits per heavy atom. The van der Waals surface area contributed by atoms with Crippen molar-refractivity contribution in [3.05, 3.63) is 36.5 Å². The molecule has 1 unspecified atom stereocenters. The summed E-state index contributed by atoms with van der Waals surface area (Å²) < 4.78 is 0. The summed E-state index contributed by atoms with van der Waals surface area (Å²) in [6.45, 7) is 16.7. The molecule has 14 heavy (non-hydrogen) atoms. The van der Waals surface area contributed by atoms with Crippen LogP contribution >= 0.6 is 0 Å². The molecule has 0 bridgehead atoms. The molecule has 0 aliphatic heterocycles. The molecule has 0 aromatic carbocycles. The van der Waals surface area contributed by atoms with Crippen LogP contribution in [-0.2, 0) is 0 Å². The molecule has 0 aromatic rings. The van der Waals surface area contributed by atoms with Crippen molar-refractivity contribution in [1.82, 2.24) is 0 Å². The quantitative estimate of drug-likeness (QED) is 0.533. The Balaban J connectivity index is 3.93. The van der Waals surface area contributed by atoms with Crippen molar-refractivity contribution in [2.75, 3.05) is 0 Å². The predicted molar refractivity (Wildman–Crippen MR) is 66.3 cm³/mol. The van der Waals surface area contributed by atoms with Crippen molar-refractivity contribution >= 4 is 0 Å². The lowest BCUT2D eigenvalue weighted by molar-refractivity contribution is 0.494. The van der Waals surface area contributed by atoms with Gasteiger partial charge in [0.25, 0.3) is 0 Å². The van der Waals surface area contributed by atoms with E-state index in [2.05, 4.69) is 40.0 Å². The molecule has 0 aliphatic rings. The summed E-state index contributed by atoms with van der Waals surface area (Å²) >= 11 is 0. The van der Waals surface area contributed by atoms with Crippen LogP contribution in [0, 0.1) is 11.8 Å². The van der Waals surface area contributed by atoms with Gasteiger partial charge in [0, 0.05) is 0 Å². The largest absolute Gasteiger partial charge is 0.0961 e. The zero-order valence-corrected chi connectivity index (χ0v) is 10.1. The number of hydrogen-bond donors (Lipinski definition) is 0. The first kappa shape index (κ1) is 13.2. The maximum atomic E-state index is 4.08. The minimum Gasteiger partial charge on any atom is -0.0961 e. The van der Waals surface area contributed by atoms with Crippen molar-refractivity contribution in [1.29, 1.82) is 0 Å². The lowest BCUT2D eigenvalue weighted by Crippen LogP contribution is -1.99. The smallest absolute Gasteiger partial charge is 0.0196 e. The molecule has 0 aliphatic carbocycles. The first-order valence-corrected chi connectivity index (χ1v) is 5.46. The highest BCUT2D eigenvalue weighted by atomic mass is 14.1. The average molecular weight is 192 g/mol. The highest BCUT2D eigenvalue weighted by molar-refractivity contribution is 5.24. The second-order valence-electron chi connectivity index (χ2n) is 4.63. The molecule has 0 saturated heterocycles. The maximum absolute atomic E-state index is 4.08. The Kier molecular flexibility index (Phi) is 6.27. The maximum Gasteiger partial charge on any atom is -0.0196 e. The van der Waals surface area contributed by atoms with E-state index in [9.17, 15) is 0 Å². The Morgan fingerprint density at radius 2 is 1.64 bits per heavy atom. The van der Waals surface area contributed by atoms with Crippen LogP contribution in [0.15, 0.2) is 36.5 Å². The third kappa shape index (κ3) is 6.71. The third-order valence-corrected chi connectivity index (χ3v) is 2.39. The van der Waals surface area contributed by atoms with Crippen molar-refractivity contribution in [3.8, 4) is 0 Å². The van der Waals surface area contributed by atoms with E-state index in [0.717, 1.165) is 11.5 Å². The van der Waals surface area contributed by atoms with E-state index in [1.807, 2.05) is 13.0 Å². The topological polar surface area (TPSA) is 0 Å². The van der Waals surface area contributed by atoms with E-state index in [1.54, 1.807) is 0 Å². The molecule has 0 spiro atoms. The molecule has 0 heterocycles. The normalized spacial score (nSPS) is 13.5. The fourth-order valence-corrected chi connectivity index (χ4v) is 1.18. The van der Waals surface area contributed by atoms with Gasteiger partial charge in [-0.15, -0.1) is 0 Å². The Morgan fingerprint density at radius 3 is 2.07 bits per heavy atom. The van der Waals surface area contributed by atoms with E-state index >= 15 is 0 Å². The summed E-state index contributed by atoms with van der Waals surface area (Å²) in [5.41, 5.74) is 2.30. The number of hydrogen-bond acceptors (Lipinski definition) is 0. The molecule has 0 nitrogen and oxygen atoms in total. The highest BCUT2D eigenvalue weighted by Gasteiger charge is 2.04. The van der Waals surface area contributed by atoms with E-state index in [0.29, 0.717) is 5.92 Å². The zero-order valence-electron chi connectivity index (χ0n) is 10.1. The molecule has 80 valence electrons. The molecule has 0 amide bonds.